The van der Waals surface area contributed by atoms with Crippen LogP contribution in [0.3, 0.4) is 0 Å². The van der Waals surface area contributed by atoms with Gasteiger partial charge in [0.25, 0.3) is 0 Å². The summed E-state index contributed by atoms with van der Waals surface area (Å²) in [5.74, 6) is -41.3. The molecule has 0 spiro atoms. The lowest BCUT2D eigenvalue weighted by atomic mass is 9.93. The van der Waals surface area contributed by atoms with E-state index in [0.29, 0.717) is 0 Å². The zero-order chi connectivity index (χ0) is 29.4. The van der Waals surface area contributed by atoms with Crippen molar-refractivity contribution in [3.63, 3.8) is 0 Å². The van der Waals surface area contributed by atoms with Crippen LogP contribution >= 0.6 is 0 Å². The standard InChI is InChI=1S/C16H21F13N2O4S/c1-30(6-4-7-31(2,3)9-10(32)33)36(34,35)8-5-11(17,18)12(19,20)13(21,22)14(23,24)15(25,26)16(27,28)29/h4-9H2,1-3H3/p+1. The molecule has 216 valence electrons. The monoisotopic (exact) mass is 585 g/mol. The Balaban J connectivity index is 5.64. The van der Waals surface area contributed by atoms with Crippen LogP contribution in [0.1, 0.15) is 12.8 Å². The number of aliphatic carboxylic acids is 1. The van der Waals surface area contributed by atoms with Crippen LogP contribution in [0.4, 0.5) is 57.1 Å². The molecular formula is C16H22F13N2O4S+. The Morgan fingerprint density at radius 1 is 0.806 bits per heavy atom. The molecule has 1 N–H and O–H groups in total. The van der Waals surface area contributed by atoms with Gasteiger partial charge in [-0.3, -0.25) is 0 Å². The Morgan fingerprint density at radius 2 is 1.22 bits per heavy atom. The number of rotatable bonds is 14. The predicted molar refractivity (Wildman–Crippen MR) is 95.9 cm³/mol. The lowest BCUT2D eigenvalue weighted by molar-refractivity contribution is -0.883. The fourth-order valence-electron chi connectivity index (χ4n) is 2.68. The molecule has 0 atom stereocenters. The Kier molecular flexibility index (Phi) is 9.85. The quantitative estimate of drug-likeness (QED) is 0.248. The van der Waals surface area contributed by atoms with Crippen molar-refractivity contribution in [1.29, 1.82) is 0 Å². The topological polar surface area (TPSA) is 74.7 Å². The number of alkyl halides is 13. The van der Waals surface area contributed by atoms with Gasteiger partial charge in [0, 0.05) is 26.4 Å². The van der Waals surface area contributed by atoms with E-state index < -0.39 is 77.0 Å². The second kappa shape index (κ2) is 10.3. The molecule has 0 saturated heterocycles. The molecule has 0 aliphatic carbocycles. The van der Waals surface area contributed by atoms with Crippen LogP contribution in [0.25, 0.3) is 0 Å². The molecule has 0 amide bonds. The number of halogens is 13. The number of likely N-dealkylation sites (N-methyl/N-ethyl adjacent to an activating group) is 1. The molecule has 0 aliphatic rings. The van der Waals surface area contributed by atoms with E-state index in [2.05, 4.69) is 0 Å². The third-order valence-corrected chi connectivity index (χ3v) is 6.80. The molecule has 0 bridgehead atoms. The van der Waals surface area contributed by atoms with E-state index >= 15 is 0 Å². The van der Waals surface area contributed by atoms with Crippen molar-refractivity contribution in [3.8, 4) is 0 Å². The molecule has 0 heterocycles. The van der Waals surface area contributed by atoms with Crippen molar-refractivity contribution >= 4 is 16.0 Å². The molecule has 6 nitrogen and oxygen atoms in total. The van der Waals surface area contributed by atoms with Gasteiger partial charge in [0.15, 0.2) is 6.54 Å². The summed E-state index contributed by atoms with van der Waals surface area (Å²) < 4.78 is 194. The van der Waals surface area contributed by atoms with E-state index in [-0.39, 0.29) is 21.8 Å². The average Bonchev–Trinajstić information content (AvgIpc) is 2.63. The number of sulfonamides is 1. The number of nitrogens with zero attached hydrogens (tertiary/aromatic N) is 2. The largest absolute Gasteiger partial charge is 0.477 e. The molecule has 0 saturated carbocycles. The SMILES string of the molecule is CN(CCC[N+](C)(C)CC(=O)O)S(=O)(=O)CCC(F)(F)C(F)(F)C(F)(F)C(F)(F)C(F)(F)C(F)(F)F. The Morgan fingerprint density at radius 3 is 1.61 bits per heavy atom. The third kappa shape index (κ3) is 6.84. The smallest absolute Gasteiger partial charge is 0.460 e. The van der Waals surface area contributed by atoms with Gasteiger partial charge in [0.2, 0.25) is 10.0 Å². The molecular weight excluding hydrogens is 563 g/mol. The van der Waals surface area contributed by atoms with Gasteiger partial charge in [-0.2, -0.15) is 57.1 Å². The van der Waals surface area contributed by atoms with Crippen molar-refractivity contribution in [2.45, 2.75) is 48.6 Å². The predicted octanol–water partition coefficient (Wildman–Crippen LogP) is 3.93. The van der Waals surface area contributed by atoms with Crippen molar-refractivity contribution < 1.29 is 79.9 Å². The zero-order valence-electron chi connectivity index (χ0n) is 18.6. The highest BCUT2D eigenvalue weighted by atomic mass is 32.2. The number of carboxylic acids is 1. The van der Waals surface area contributed by atoms with E-state index in [1.54, 1.807) is 0 Å². The van der Waals surface area contributed by atoms with Crippen molar-refractivity contribution in [1.82, 2.24) is 4.31 Å². The minimum absolute atomic E-state index is 0.00485. The van der Waals surface area contributed by atoms with E-state index in [1.165, 1.54) is 14.1 Å². The summed E-state index contributed by atoms with van der Waals surface area (Å²) in [5.41, 5.74) is 0. The number of hydrogen-bond donors (Lipinski definition) is 1. The zero-order valence-corrected chi connectivity index (χ0v) is 19.4. The van der Waals surface area contributed by atoms with Gasteiger partial charge in [-0.05, 0) is 0 Å². The molecule has 0 aliphatic heterocycles. The molecule has 0 fully saturated rings. The number of carboxylic acid groups (broad SMARTS) is 1. The van der Waals surface area contributed by atoms with Gasteiger partial charge in [0.1, 0.15) is 0 Å². The highest BCUT2D eigenvalue weighted by Crippen LogP contribution is 2.60. The summed E-state index contributed by atoms with van der Waals surface area (Å²) in [6.45, 7) is -0.948. The maximum atomic E-state index is 13.8. The maximum Gasteiger partial charge on any atom is 0.460 e. The highest BCUT2D eigenvalue weighted by Gasteiger charge is 2.90. The molecule has 0 radical (unpaired) electrons. The maximum absolute atomic E-state index is 13.8. The van der Waals surface area contributed by atoms with Gasteiger partial charge in [0.05, 0.1) is 26.4 Å². The lowest BCUT2D eigenvalue weighted by Gasteiger charge is -2.39. The second-order valence-electron chi connectivity index (χ2n) is 8.45. The van der Waals surface area contributed by atoms with Crippen LogP contribution in [0.5, 0.6) is 0 Å². The first kappa shape index (κ1) is 34.4. The summed E-state index contributed by atoms with van der Waals surface area (Å²) in [7, 11) is -1.43. The molecule has 20 heteroatoms. The molecule has 0 aromatic heterocycles. The average molecular weight is 585 g/mol. The van der Waals surface area contributed by atoms with Gasteiger partial charge < -0.3 is 9.59 Å². The lowest BCUT2D eigenvalue weighted by Crippen LogP contribution is -2.70. The van der Waals surface area contributed by atoms with Gasteiger partial charge in [-0.25, -0.2) is 17.5 Å². The fourth-order valence-corrected chi connectivity index (χ4v) is 3.91. The second-order valence-corrected chi connectivity index (χ2v) is 10.6. The highest BCUT2D eigenvalue weighted by molar-refractivity contribution is 7.89. The van der Waals surface area contributed by atoms with Gasteiger partial charge in [-0.15, -0.1) is 0 Å². The Hall–Kier alpha value is -1.57. The first-order chi connectivity index (χ1) is 15.5. The summed E-state index contributed by atoms with van der Waals surface area (Å²) in [5, 5.41) is 8.74. The number of carbonyl (C=O) groups is 1. The van der Waals surface area contributed by atoms with Crippen molar-refractivity contribution in [2.75, 3.05) is 46.5 Å². The number of quaternary nitrogens is 1. The van der Waals surface area contributed by atoms with Gasteiger partial charge >= 0.3 is 41.8 Å². The van der Waals surface area contributed by atoms with E-state index in [9.17, 15) is 70.3 Å². The fraction of sp³-hybridized carbons (Fsp3) is 0.938. The van der Waals surface area contributed by atoms with E-state index in [0.717, 1.165) is 7.05 Å². The molecule has 0 rings (SSSR count). The van der Waals surface area contributed by atoms with Crippen molar-refractivity contribution in [2.24, 2.45) is 0 Å². The van der Waals surface area contributed by atoms with Crippen LogP contribution in [-0.2, 0) is 14.8 Å². The summed E-state index contributed by atoms with van der Waals surface area (Å²) in [4.78, 5) is 10.7. The molecule has 36 heavy (non-hydrogen) atoms. The Labute approximate surface area is 196 Å². The number of hydrogen-bond acceptors (Lipinski definition) is 3. The van der Waals surface area contributed by atoms with Crippen molar-refractivity contribution in [3.05, 3.63) is 0 Å². The molecule has 0 aromatic carbocycles. The van der Waals surface area contributed by atoms with Crippen LogP contribution in [0.15, 0.2) is 0 Å². The van der Waals surface area contributed by atoms with Crippen LogP contribution < -0.4 is 0 Å². The molecule has 0 aromatic rings. The van der Waals surface area contributed by atoms with Crippen LogP contribution in [-0.4, -0.2) is 111 Å². The van der Waals surface area contributed by atoms with E-state index in [4.69, 9.17) is 5.11 Å². The minimum Gasteiger partial charge on any atom is -0.477 e. The summed E-state index contributed by atoms with van der Waals surface area (Å²) >= 11 is 0. The molecule has 0 unspecified atom stereocenters. The summed E-state index contributed by atoms with van der Waals surface area (Å²) in [6.07, 6.45) is -10.5. The van der Waals surface area contributed by atoms with E-state index in [1.807, 2.05) is 0 Å². The normalized spacial score (nSPS) is 15.5. The minimum atomic E-state index is -8.05. The first-order valence-corrected chi connectivity index (χ1v) is 11.0. The first-order valence-electron chi connectivity index (χ1n) is 9.44. The van der Waals surface area contributed by atoms with Crippen LogP contribution in [0.2, 0.25) is 0 Å². The van der Waals surface area contributed by atoms with Crippen LogP contribution in [0, 0.1) is 0 Å². The Bertz CT molecular complexity index is 889. The summed E-state index contributed by atoms with van der Waals surface area (Å²) in [6, 6.07) is 0. The van der Waals surface area contributed by atoms with Gasteiger partial charge in [-0.1, -0.05) is 0 Å². The third-order valence-electron chi connectivity index (χ3n) is 4.95.